The van der Waals surface area contributed by atoms with Gasteiger partial charge in [0.15, 0.2) is 0 Å². The quantitative estimate of drug-likeness (QED) is 0.652. The summed E-state index contributed by atoms with van der Waals surface area (Å²) < 4.78 is 0. The molecule has 0 radical (unpaired) electrons. The Morgan fingerprint density at radius 2 is 1.88 bits per heavy atom. The van der Waals surface area contributed by atoms with E-state index in [4.69, 9.17) is 4.98 Å². The maximum absolute atomic E-state index is 4.75. The SMILES string of the molecule is C=C/C=C\c1c(C)nc(=C/C)/c(=C\C=C)c1C(/C=C\CC)=C/C=C. The molecule has 124 valence electrons. The van der Waals surface area contributed by atoms with E-state index in [0.717, 1.165) is 39.4 Å². The third-order valence-electron chi connectivity index (χ3n) is 3.57. The van der Waals surface area contributed by atoms with Crippen molar-refractivity contribution >= 4 is 23.8 Å². The predicted octanol–water partition coefficient (Wildman–Crippen LogP) is 4.89. The zero-order valence-electron chi connectivity index (χ0n) is 15.0. The summed E-state index contributed by atoms with van der Waals surface area (Å²) in [5, 5.41) is 2.02. The molecule has 1 nitrogen and oxygen atoms in total. The molecule has 0 saturated heterocycles. The van der Waals surface area contributed by atoms with Crippen LogP contribution in [0, 0.1) is 6.92 Å². The first kappa shape index (κ1) is 19.4. The summed E-state index contributed by atoms with van der Waals surface area (Å²) in [7, 11) is 0. The van der Waals surface area contributed by atoms with E-state index in [0.29, 0.717) is 0 Å². The fourth-order valence-electron chi connectivity index (χ4n) is 2.54. The molecule has 1 aromatic rings. The first-order valence-corrected chi connectivity index (χ1v) is 8.22. The third-order valence-corrected chi connectivity index (χ3v) is 3.57. The number of aromatic nitrogens is 1. The lowest BCUT2D eigenvalue weighted by molar-refractivity contribution is 1.11. The Bertz CT molecular complexity index is 815. The minimum absolute atomic E-state index is 0.956. The van der Waals surface area contributed by atoms with Gasteiger partial charge in [0.1, 0.15) is 0 Å². The average Bonchev–Trinajstić information content (AvgIpc) is 2.58. The molecule has 0 fully saturated rings. The zero-order valence-corrected chi connectivity index (χ0v) is 15.0. The van der Waals surface area contributed by atoms with E-state index in [1.165, 1.54) is 0 Å². The number of hydrogen-bond acceptors (Lipinski definition) is 1. The Kier molecular flexibility index (Phi) is 8.21. The summed E-state index contributed by atoms with van der Waals surface area (Å²) in [4.78, 5) is 4.75. The maximum Gasteiger partial charge on any atom is 0.0669 e. The molecule has 0 bridgehead atoms. The molecule has 0 amide bonds. The Morgan fingerprint density at radius 1 is 1.12 bits per heavy atom. The highest BCUT2D eigenvalue weighted by atomic mass is 14.7. The van der Waals surface area contributed by atoms with E-state index in [1.807, 2.05) is 44.2 Å². The van der Waals surface area contributed by atoms with E-state index < -0.39 is 0 Å². The standard InChI is InChI=1S/C23H27N/c1-7-12-16-19(14-9-3)23-20(17-13-8-2)18(6)24-22(11-5)21(23)15-10-4/h8-17H,2-4,7H2,1,5-6H3/b16-12-,17-13-,19-14+,21-15+,22-11+. The number of rotatable bonds is 7. The number of nitrogens with zero attached hydrogens (tertiary/aromatic N) is 1. The van der Waals surface area contributed by atoms with Crippen LogP contribution in [0.15, 0.2) is 62.3 Å². The van der Waals surface area contributed by atoms with E-state index in [-0.39, 0.29) is 0 Å². The van der Waals surface area contributed by atoms with Crippen molar-refractivity contribution in [3.8, 4) is 0 Å². The second-order valence-corrected chi connectivity index (χ2v) is 5.24. The molecule has 1 heterocycles. The van der Waals surface area contributed by atoms with Crippen LogP contribution >= 0.6 is 0 Å². The first-order valence-electron chi connectivity index (χ1n) is 8.22. The highest BCUT2D eigenvalue weighted by Crippen LogP contribution is 2.20. The van der Waals surface area contributed by atoms with E-state index in [1.54, 1.807) is 12.2 Å². The van der Waals surface area contributed by atoms with Crippen LogP contribution in [-0.4, -0.2) is 4.98 Å². The Labute approximate surface area is 146 Å². The molecule has 1 aromatic heterocycles. The Balaban J connectivity index is 4.07. The number of hydrogen-bond donors (Lipinski definition) is 0. The van der Waals surface area contributed by atoms with Gasteiger partial charge in [0.2, 0.25) is 0 Å². The molecule has 0 aliphatic heterocycles. The van der Waals surface area contributed by atoms with E-state index in [2.05, 4.69) is 44.9 Å². The fourth-order valence-corrected chi connectivity index (χ4v) is 2.54. The van der Waals surface area contributed by atoms with Crippen LogP contribution in [0.25, 0.3) is 23.8 Å². The molecule has 0 spiro atoms. The number of pyridine rings is 1. The lowest BCUT2D eigenvalue weighted by Gasteiger charge is -2.12. The van der Waals surface area contributed by atoms with E-state index in [9.17, 15) is 0 Å². The molecule has 0 saturated carbocycles. The largest absolute Gasteiger partial charge is 0.253 e. The van der Waals surface area contributed by atoms with Crippen LogP contribution in [0.1, 0.15) is 37.1 Å². The van der Waals surface area contributed by atoms with Crippen molar-refractivity contribution in [2.75, 3.05) is 0 Å². The number of allylic oxidation sites excluding steroid dienone is 8. The van der Waals surface area contributed by atoms with Gasteiger partial charge in [-0.2, -0.15) is 0 Å². The van der Waals surface area contributed by atoms with Crippen molar-refractivity contribution in [2.24, 2.45) is 0 Å². The monoisotopic (exact) mass is 317 g/mol. The topological polar surface area (TPSA) is 12.9 Å². The maximum atomic E-state index is 4.75. The second-order valence-electron chi connectivity index (χ2n) is 5.24. The van der Waals surface area contributed by atoms with Gasteiger partial charge >= 0.3 is 0 Å². The molecule has 0 aliphatic carbocycles. The second kappa shape index (κ2) is 10.2. The summed E-state index contributed by atoms with van der Waals surface area (Å²) in [6.45, 7) is 17.7. The minimum Gasteiger partial charge on any atom is -0.253 e. The van der Waals surface area contributed by atoms with Crippen molar-refractivity contribution in [3.63, 3.8) is 0 Å². The van der Waals surface area contributed by atoms with Crippen molar-refractivity contribution in [3.05, 3.63) is 89.7 Å². The summed E-state index contributed by atoms with van der Waals surface area (Å²) in [5.41, 5.74) is 4.31. The molecule has 24 heavy (non-hydrogen) atoms. The molecule has 0 N–H and O–H groups in total. The molecule has 0 unspecified atom stereocenters. The fraction of sp³-hybridized carbons (Fsp3) is 0.174. The van der Waals surface area contributed by atoms with Gasteiger partial charge in [0, 0.05) is 22.0 Å². The van der Waals surface area contributed by atoms with Gasteiger partial charge < -0.3 is 0 Å². The van der Waals surface area contributed by atoms with E-state index >= 15 is 0 Å². The van der Waals surface area contributed by atoms with Gasteiger partial charge in [0.25, 0.3) is 0 Å². The third kappa shape index (κ3) is 4.66. The van der Waals surface area contributed by atoms with Crippen molar-refractivity contribution in [2.45, 2.75) is 27.2 Å². The van der Waals surface area contributed by atoms with Crippen LogP contribution in [-0.2, 0) is 0 Å². The molecule has 0 atom stereocenters. The van der Waals surface area contributed by atoms with Gasteiger partial charge in [-0.3, -0.25) is 4.98 Å². The average molecular weight is 317 g/mol. The molecule has 0 aromatic carbocycles. The first-order chi connectivity index (χ1) is 11.6. The van der Waals surface area contributed by atoms with Gasteiger partial charge in [-0.05, 0) is 25.8 Å². The smallest absolute Gasteiger partial charge is 0.0669 e. The highest BCUT2D eigenvalue weighted by molar-refractivity contribution is 5.82. The van der Waals surface area contributed by atoms with Crippen molar-refractivity contribution in [1.29, 1.82) is 0 Å². The van der Waals surface area contributed by atoms with Gasteiger partial charge in [-0.15, -0.1) is 0 Å². The summed E-state index contributed by atoms with van der Waals surface area (Å²) in [6.07, 6.45) is 20.7. The summed E-state index contributed by atoms with van der Waals surface area (Å²) in [5.74, 6) is 0. The predicted molar refractivity (Wildman–Crippen MR) is 110 cm³/mol. The number of aryl methyl sites for hydroxylation is 1. The summed E-state index contributed by atoms with van der Waals surface area (Å²) >= 11 is 0. The Morgan fingerprint density at radius 3 is 2.42 bits per heavy atom. The van der Waals surface area contributed by atoms with Gasteiger partial charge in [-0.25, -0.2) is 0 Å². The molecule has 1 rings (SSSR count). The van der Waals surface area contributed by atoms with Crippen LogP contribution < -0.4 is 10.6 Å². The Hall–Kier alpha value is -2.67. The zero-order chi connectivity index (χ0) is 17.9. The summed E-state index contributed by atoms with van der Waals surface area (Å²) in [6, 6.07) is 0. The van der Waals surface area contributed by atoms with Gasteiger partial charge in [-0.1, -0.05) is 87.4 Å². The lowest BCUT2D eigenvalue weighted by atomic mass is 9.94. The lowest BCUT2D eigenvalue weighted by Crippen LogP contribution is -2.33. The van der Waals surface area contributed by atoms with Crippen LogP contribution in [0.4, 0.5) is 0 Å². The van der Waals surface area contributed by atoms with Crippen LogP contribution in [0.5, 0.6) is 0 Å². The van der Waals surface area contributed by atoms with Crippen LogP contribution in [0.3, 0.4) is 0 Å². The van der Waals surface area contributed by atoms with Crippen molar-refractivity contribution in [1.82, 2.24) is 4.98 Å². The van der Waals surface area contributed by atoms with Crippen LogP contribution in [0.2, 0.25) is 0 Å². The molecular weight excluding hydrogens is 290 g/mol. The van der Waals surface area contributed by atoms with Crippen molar-refractivity contribution < 1.29 is 0 Å². The highest BCUT2D eigenvalue weighted by Gasteiger charge is 2.10. The minimum atomic E-state index is 0.956. The van der Waals surface area contributed by atoms with Gasteiger partial charge in [0.05, 0.1) is 5.35 Å². The molecular formula is C23H27N. The normalized spacial score (nSPS) is 13.9. The molecule has 0 aliphatic rings. The molecule has 1 heteroatoms.